The molecule has 0 unspecified atom stereocenters. The lowest BCUT2D eigenvalue weighted by Gasteiger charge is -2.23. The van der Waals surface area contributed by atoms with Gasteiger partial charge in [0.2, 0.25) is 11.7 Å². The second kappa shape index (κ2) is 6.50. The molecule has 2 fully saturated rings. The summed E-state index contributed by atoms with van der Waals surface area (Å²) in [7, 11) is 0. The van der Waals surface area contributed by atoms with E-state index < -0.39 is 17.7 Å². The van der Waals surface area contributed by atoms with Gasteiger partial charge in [0.05, 0.1) is 0 Å². The van der Waals surface area contributed by atoms with Crippen LogP contribution in [0.3, 0.4) is 0 Å². The molecule has 0 aliphatic heterocycles. The van der Waals surface area contributed by atoms with Gasteiger partial charge in [-0.25, -0.2) is 8.78 Å². The maximum atomic E-state index is 14.2. The van der Waals surface area contributed by atoms with Crippen molar-refractivity contribution < 1.29 is 13.6 Å². The monoisotopic (exact) mass is 347 g/mol. The number of fused-ring (bicyclic) bond motifs is 2. The molecule has 4 atom stereocenters. The number of carbonyl (C=O) groups excluding carboxylic acids is 1. The lowest BCUT2D eigenvalue weighted by atomic mass is 9.86. The lowest BCUT2D eigenvalue weighted by Crippen LogP contribution is -2.33. The Labute approximate surface area is 143 Å². The molecule has 2 bridgehead atoms. The summed E-state index contributed by atoms with van der Waals surface area (Å²) in [5, 5.41) is 16.2. The van der Waals surface area contributed by atoms with Crippen LogP contribution in [0, 0.1) is 29.4 Å². The highest BCUT2D eigenvalue weighted by Gasteiger charge is 2.40. The van der Waals surface area contributed by atoms with E-state index in [4.69, 9.17) is 0 Å². The lowest BCUT2D eigenvalue weighted by molar-refractivity contribution is -0.123. The van der Waals surface area contributed by atoms with E-state index in [1.54, 1.807) is 0 Å². The van der Waals surface area contributed by atoms with E-state index >= 15 is 0 Å². The Hall–Kier alpha value is -2.38. The van der Waals surface area contributed by atoms with Crippen molar-refractivity contribution in [3.63, 3.8) is 0 Å². The molecular formula is C17H19F2N5O. The van der Waals surface area contributed by atoms with Crippen LogP contribution in [0.2, 0.25) is 0 Å². The third-order valence-corrected chi connectivity index (χ3v) is 5.53. The number of rotatable bonds is 5. The van der Waals surface area contributed by atoms with Crippen LogP contribution >= 0.6 is 0 Å². The molecule has 2 N–H and O–H groups in total. The second-order valence-corrected chi connectivity index (χ2v) is 7.08. The number of amides is 1. The zero-order valence-corrected chi connectivity index (χ0v) is 13.6. The van der Waals surface area contributed by atoms with Crippen LogP contribution in [-0.4, -0.2) is 26.5 Å². The first-order valence-electron chi connectivity index (χ1n) is 8.58. The van der Waals surface area contributed by atoms with Gasteiger partial charge >= 0.3 is 0 Å². The third kappa shape index (κ3) is 3.25. The van der Waals surface area contributed by atoms with Crippen molar-refractivity contribution in [3.05, 3.63) is 41.2 Å². The van der Waals surface area contributed by atoms with Crippen LogP contribution in [0.1, 0.15) is 49.5 Å². The van der Waals surface area contributed by atoms with Crippen molar-refractivity contribution in [1.29, 1.82) is 0 Å². The molecule has 0 spiro atoms. The largest absolute Gasteiger partial charge is 0.342 e. The Kier molecular flexibility index (Phi) is 4.19. The number of carbonyl (C=O) groups is 1. The third-order valence-electron chi connectivity index (χ3n) is 5.53. The summed E-state index contributed by atoms with van der Waals surface area (Å²) in [6.45, 7) is 0. The van der Waals surface area contributed by atoms with Gasteiger partial charge in [0, 0.05) is 12.0 Å². The molecule has 2 saturated carbocycles. The van der Waals surface area contributed by atoms with E-state index in [2.05, 4.69) is 25.9 Å². The molecule has 1 aromatic carbocycles. The van der Waals surface area contributed by atoms with Gasteiger partial charge in [0.25, 0.3) is 0 Å². The van der Waals surface area contributed by atoms with Gasteiger partial charge in [-0.1, -0.05) is 11.6 Å². The zero-order valence-electron chi connectivity index (χ0n) is 13.6. The van der Waals surface area contributed by atoms with E-state index in [-0.39, 0.29) is 17.3 Å². The fraction of sp³-hybridized carbons (Fsp3) is 0.529. The Morgan fingerprint density at radius 1 is 1.32 bits per heavy atom. The zero-order chi connectivity index (χ0) is 17.4. The Bertz CT molecular complexity index is 766. The summed E-state index contributed by atoms with van der Waals surface area (Å²) < 4.78 is 27.8. The highest BCUT2D eigenvalue weighted by Crippen LogP contribution is 2.49. The minimum absolute atomic E-state index is 0.0114. The molecule has 1 heterocycles. The number of nitrogens with one attached hydrogen (secondary N) is 2. The molecule has 132 valence electrons. The first-order chi connectivity index (χ1) is 12.1. The molecule has 0 saturated heterocycles. The van der Waals surface area contributed by atoms with Gasteiger partial charge in [-0.15, -0.1) is 10.2 Å². The minimum atomic E-state index is -0.972. The summed E-state index contributed by atoms with van der Waals surface area (Å²) in [6.07, 6.45) is 5.15. The van der Waals surface area contributed by atoms with E-state index in [9.17, 15) is 13.6 Å². The number of hydrogen-bond acceptors (Lipinski definition) is 4. The molecule has 25 heavy (non-hydrogen) atoms. The van der Waals surface area contributed by atoms with Crippen LogP contribution in [0.5, 0.6) is 0 Å². The number of aromatic amines is 1. The molecular weight excluding hydrogens is 328 g/mol. The average molecular weight is 347 g/mol. The maximum Gasteiger partial charge on any atom is 0.221 e. The fourth-order valence-electron chi connectivity index (χ4n) is 4.39. The predicted molar refractivity (Wildman–Crippen MR) is 84.1 cm³/mol. The van der Waals surface area contributed by atoms with Crippen molar-refractivity contribution in [2.45, 2.75) is 38.1 Å². The molecule has 0 radical (unpaired) electrons. The van der Waals surface area contributed by atoms with Crippen molar-refractivity contribution in [1.82, 2.24) is 25.9 Å². The van der Waals surface area contributed by atoms with Gasteiger partial charge in [0.15, 0.2) is 0 Å². The van der Waals surface area contributed by atoms with E-state index in [1.807, 2.05) is 0 Å². The first-order valence-corrected chi connectivity index (χ1v) is 8.58. The quantitative estimate of drug-likeness (QED) is 0.870. The number of H-pyrrole nitrogens is 1. The van der Waals surface area contributed by atoms with E-state index in [1.165, 1.54) is 19.3 Å². The Morgan fingerprint density at radius 2 is 2.20 bits per heavy atom. The molecule has 2 aliphatic rings. The standard InChI is InChI=1S/C17H19F2N5O/c18-12-3-4-14(19)13(8-12)16(17-21-23-24-22-17)20-15(25)7-11-6-9-1-2-10(11)5-9/h3-4,8-11,16H,1-2,5-7H2,(H,20,25)(H,21,22,23,24)/t9-,10-,11+,16-/m0/s1. The summed E-state index contributed by atoms with van der Waals surface area (Å²) >= 11 is 0. The second-order valence-electron chi connectivity index (χ2n) is 7.08. The SMILES string of the molecule is O=C(C[C@H]1C[C@H]2CC[C@H]1C2)N[C@H](c1nn[nH]n1)c1cc(F)ccc1F. The number of aromatic nitrogens is 4. The highest BCUT2D eigenvalue weighted by atomic mass is 19.1. The fourth-order valence-corrected chi connectivity index (χ4v) is 4.39. The van der Waals surface area contributed by atoms with Crippen molar-refractivity contribution in [3.8, 4) is 0 Å². The van der Waals surface area contributed by atoms with Crippen molar-refractivity contribution >= 4 is 5.91 Å². The van der Waals surface area contributed by atoms with E-state index in [0.717, 1.165) is 30.5 Å². The van der Waals surface area contributed by atoms with Gasteiger partial charge in [-0.3, -0.25) is 4.79 Å². The normalized spacial score (nSPS) is 25.9. The van der Waals surface area contributed by atoms with Crippen LogP contribution in [0.25, 0.3) is 0 Å². The molecule has 4 rings (SSSR count). The summed E-state index contributed by atoms with van der Waals surface area (Å²) in [6, 6.07) is 2.14. The molecule has 6 nitrogen and oxygen atoms in total. The minimum Gasteiger partial charge on any atom is -0.342 e. The number of tetrazole rings is 1. The van der Waals surface area contributed by atoms with Crippen LogP contribution < -0.4 is 5.32 Å². The van der Waals surface area contributed by atoms with Crippen molar-refractivity contribution in [2.75, 3.05) is 0 Å². The van der Waals surface area contributed by atoms with Crippen LogP contribution in [-0.2, 0) is 4.79 Å². The summed E-state index contributed by atoms with van der Waals surface area (Å²) in [4.78, 5) is 12.5. The van der Waals surface area contributed by atoms with Gasteiger partial charge in [-0.2, -0.15) is 5.21 Å². The maximum absolute atomic E-state index is 14.2. The van der Waals surface area contributed by atoms with Gasteiger partial charge < -0.3 is 5.32 Å². The van der Waals surface area contributed by atoms with Gasteiger partial charge in [-0.05, 0) is 55.2 Å². The number of halogens is 2. The molecule has 8 heteroatoms. The average Bonchev–Trinajstić information content (AvgIpc) is 3.32. The van der Waals surface area contributed by atoms with Crippen molar-refractivity contribution in [2.24, 2.45) is 17.8 Å². The first kappa shape index (κ1) is 16.1. The summed E-state index contributed by atoms with van der Waals surface area (Å²) in [5.74, 6) is 0.425. The molecule has 2 aliphatic carbocycles. The topological polar surface area (TPSA) is 83.6 Å². The van der Waals surface area contributed by atoms with Gasteiger partial charge in [0.1, 0.15) is 17.7 Å². The number of benzene rings is 1. The van der Waals surface area contributed by atoms with Crippen LogP contribution in [0.4, 0.5) is 8.78 Å². The molecule has 1 amide bonds. The van der Waals surface area contributed by atoms with E-state index in [0.29, 0.717) is 18.3 Å². The predicted octanol–water partition coefficient (Wildman–Crippen LogP) is 2.51. The summed E-state index contributed by atoms with van der Waals surface area (Å²) in [5.41, 5.74) is -0.0114. The Morgan fingerprint density at radius 3 is 2.88 bits per heavy atom. The molecule has 2 aromatic rings. The number of nitrogens with zero attached hydrogens (tertiary/aromatic N) is 3. The smallest absolute Gasteiger partial charge is 0.221 e. The highest BCUT2D eigenvalue weighted by molar-refractivity contribution is 5.77. The number of hydrogen-bond donors (Lipinski definition) is 2. The van der Waals surface area contributed by atoms with Crippen LogP contribution in [0.15, 0.2) is 18.2 Å². The Balaban J connectivity index is 1.52. The molecule has 1 aromatic heterocycles.